The summed E-state index contributed by atoms with van der Waals surface area (Å²) in [5.41, 5.74) is 0. The lowest BCUT2D eigenvalue weighted by molar-refractivity contribution is -0.139. The van der Waals surface area contributed by atoms with Crippen molar-refractivity contribution in [3.05, 3.63) is 0 Å². The van der Waals surface area contributed by atoms with Crippen LogP contribution in [0.4, 0.5) is 0 Å². The molecule has 1 heterocycles. The van der Waals surface area contributed by atoms with Crippen LogP contribution in [0, 0.1) is 5.92 Å². The average Bonchev–Trinajstić information content (AvgIpc) is 2.77. The summed E-state index contributed by atoms with van der Waals surface area (Å²) in [6.07, 6.45) is 2.80. The fraction of sp³-hybridized carbons (Fsp3) is 0.923. The van der Waals surface area contributed by atoms with E-state index in [-0.39, 0.29) is 0 Å². The molecule has 5 heteroatoms. The number of rotatable bonds is 9. The highest BCUT2D eigenvalue weighted by atomic mass is 16.5. The van der Waals surface area contributed by atoms with E-state index in [1.807, 2.05) is 6.92 Å². The van der Waals surface area contributed by atoms with Gasteiger partial charge in [-0.05, 0) is 38.3 Å². The van der Waals surface area contributed by atoms with Crippen molar-refractivity contribution in [1.82, 2.24) is 10.2 Å². The zero-order valence-electron chi connectivity index (χ0n) is 11.5. The first-order chi connectivity index (χ1) is 8.67. The molecular formula is C13H26N2O3. The Morgan fingerprint density at radius 3 is 3.00 bits per heavy atom. The van der Waals surface area contributed by atoms with Gasteiger partial charge in [0.25, 0.3) is 0 Å². The third kappa shape index (κ3) is 5.33. The second-order valence-electron chi connectivity index (χ2n) is 5.04. The van der Waals surface area contributed by atoms with Crippen molar-refractivity contribution in [1.29, 1.82) is 0 Å². The molecule has 2 atom stereocenters. The molecule has 0 aromatic rings. The fourth-order valence-electron chi connectivity index (χ4n) is 2.43. The maximum Gasteiger partial charge on any atom is 0.320 e. The van der Waals surface area contributed by atoms with Crippen molar-refractivity contribution >= 4 is 5.97 Å². The first-order valence-corrected chi connectivity index (χ1v) is 6.84. The standard InChI is InChI=1S/C13H26N2O3/c1-3-6-14-12(13(16)17)5-8-15-7-4-11(9-15)10-18-2/h11-12,14H,3-10H2,1-2H3,(H,16,17). The molecule has 1 aliphatic rings. The maximum atomic E-state index is 11.1. The Hall–Kier alpha value is -0.650. The molecule has 106 valence electrons. The SMILES string of the molecule is CCCNC(CCN1CCC(COC)C1)C(=O)O. The van der Waals surface area contributed by atoms with E-state index in [1.54, 1.807) is 7.11 Å². The Labute approximate surface area is 109 Å². The Balaban J connectivity index is 2.23. The van der Waals surface area contributed by atoms with E-state index in [2.05, 4.69) is 10.2 Å². The number of aliphatic carboxylic acids is 1. The van der Waals surface area contributed by atoms with E-state index in [1.165, 1.54) is 0 Å². The number of carboxylic acids is 1. The number of carbonyl (C=O) groups is 1. The Morgan fingerprint density at radius 1 is 1.61 bits per heavy atom. The topological polar surface area (TPSA) is 61.8 Å². The Kier molecular flexibility index (Phi) is 7.23. The molecule has 18 heavy (non-hydrogen) atoms. The second kappa shape index (κ2) is 8.45. The summed E-state index contributed by atoms with van der Waals surface area (Å²) >= 11 is 0. The van der Waals surface area contributed by atoms with Gasteiger partial charge in [-0.1, -0.05) is 6.92 Å². The molecule has 2 N–H and O–H groups in total. The van der Waals surface area contributed by atoms with Crippen LogP contribution in [-0.2, 0) is 9.53 Å². The number of hydrogen-bond acceptors (Lipinski definition) is 4. The maximum absolute atomic E-state index is 11.1. The van der Waals surface area contributed by atoms with Crippen molar-refractivity contribution < 1.29 is 14.6 Å². The van der Waals surface area contributed by atoms with Gasteiger partial charge in [-0.2, -0.15) is 0 Å². The van der Waals surface area contributed by atoms with Gasteiger partial charge in [-0.15, -0.1) is 0 Å². The highest BCUT2D eigenvalue weighted by molar-refractivity contribution is 5.73. The molecule has 0 spiro atoms. The predicted molar refractivity (Wildman–Crippen MR) is 70.8 cm³/mol. The smallest absolute Gasteiger partial charge is 0.320 e. The molecule has 2 unspecified atom stereocenters. The van der Waals surface area contributed by atoms with E-state index in [4.69, 9.17) is 9.84 Å². The number of carboxylic acid groups (broad SMARTS) is 1. The fourth-order valence-corrected chi connectivity index (χ4v) is 2.43. The molecule has 0 amide bonds. The minimum absolute atomic E-state index is 0.411. The molecule has 0 radical (unpaired) electrons. The third-order valence-electron chi connectivity index (χ3n) is 3.45. The van der Waals surface area contributed by atoms with Crippen LogP contribution >= 0.6 is 0 Å². The number of nitrogens with zero attached hydrogens (tertiary/aromatic N) is 1. The lowest BCUT2D eigenvalue weighted by Gasteiger charge is -2.19. The summed E-state index contributed by atoms with van der Waals surface area (Å²) in [5, 5.41) is 12.2. The molecule has 5 nitrogen and oxygen atoms in total. The van der Waals surface area contributed by atoms with Crippen molar-refractivity contribution in [2.75, 3.05) is 39.9 Å². The Morgan fingerprint density at radius 2 is 2.39 bits per heavy atom. The quantitative estimate of drug-likeness (QED) is 0.640. The van der Waals surface area contributed by atoms with Crippen LogP contribution in [0.25, 0.3) is 0 Å². The summed E-state index contributed by atoms with van der Waals surface area (Å²) in [5.74, 6) is -0.127. The van der Waals surface area contributed by atoms with E-state index in [0.29, 0.717) is 12.3 Å². The second-order valence-corrected chi connectivity index (χ2v) is 5.04. The van der Waals surface area contributed by atoms with Gasteiger partial charge in [0.05, 0.1) is 6.61 Å². The van der Waals surface area contributed by atoms with Crippen LogP contribution in [0.15, 0.2) is 0 Å². The van der Waals surface area contributed by atoms with Gasteiger partial charge in [0.2, 0.25) is 0 Å². The highest BCUT2D eigenvalue weighted by Gasteiger charge is 2.24. The lowest BCUT2D eigenvalue weighted by atomic mass is 10.1. The third-order valence-corrected chi connectivity index (χ3v) is 3.45. The van der Waals surface area contributed by atoms with Crippen LogP contribution in [0.3, 0.4) is 0 Å². The van der Waals surface area contributed by atoms with Crippen LogP contribution in [0.1, 0.15) is 26.2 Å². The highest BCUT2D eigenvalue weighted by Crippen LogP contribution is 2.16. The van der Waals surface area contributed by atoms with Gasteiger partial charge in [-0.25, -0.2) is 0 Å². The summed E-state index contributed by atoms with van der Waals surface area (Å²) in [6.45, 7) is 6.58. The predicted octanol–water partition coefficient (Wildman–Crippen LogP) is 0.798. The molecule has 0 aliphatic carbocycles. The molecule has 0 aromatic heterocycles. The molecule has 0 bridgehead atoms. The lowest BCUT2D eigenvalue weighted by Crippen LogP contribution is -2.40. The number of hydrogen-bond donors (Lipinski definition) is 2. The van der Waals surface area contributed by atoms with Crippen molar-refractivity contribution in [3.8, 4) is 0 Å². The number of ether oxygens (including phenoxy) is 1. The van der Waals surface area contributed by atoms with Gasteiger partial charge in [0.1, 0.15) is 6.04 Å². The molecule has 1 fully saturated rings. The van der Waals surface area contributed by atoms with Crippen molar-refractivity contribution in [3.63, 3.8) is 0 Å². The number of methoxy groups -OCH3 is 1. The van der Waals surface area contributed by atoms with E-state index >= 15 is 0 Å². The van der Waals surface area contributed by atoms with Gasteiger partial charge in [0.15, 0.2) is 0 Å². The van der Waals surface area contributed by atoms with Crippen LogP contribution in [-0.4, -0.2) is 61.9 Å². The molecule has 1 aliphatic heterocycles. The summed E-state index contributed by atoms with van der Waals surface area (Å²) in [7, 11) is 1.73. The monoisotopic (exact) mass is 258 g/mol. The number of nitrogens with one attached hydrogen (secondary N) is 1. The summed E-state index contributed by atoms with van der Waals surface area (Å²) in [4.78, 5) is 13.4. The van der Waals surface area contributed by atoms with Gasteiger partial charge >= 0.3 is 5.97 Å². The minimum atomic E-state index is -0.740. The average molecular weight is 258 g/mol. The van der Waals surface area contributed by atoms with Gasteiger partial charge in [0, 0.05) is 20.2 Å². The normalized spacial score (nSPS) is 22.2. The number of likely N-dealkylation sites (tertiary alicyclic amines) is 1. The van der Waals surface area contributed by atoms with Gasteiger partial charge < -0.3 is 20.1 Å². The van der Waals surface area contributed by atoms with Crippen molar-refractivity contribution in [2.24, 2.45) is 5.92 Å². The molecular weight excluding hydrogens is 232 g/mol. The molecule has 1 rings (SSSR count). The largest absolute Gasteiger partial charge is 0.480 e. The minimum Gasteiger partial charge on any atom is -0.480 e. The zero-order valence-corrected chi connectivity index (χ0v) is 11.5. The van der Waals surface area contributed by atoms with Crippen LogP contribution < -0.4 is 5.32 Å². The first kappa shape index (κ1) is 15.4. The van der Waals surface area contributed by atoms with E-state index in [9.17, 15) is 4.79 Å². The first-order valence-electron chi connectivity index (χ1n) is 6.84. The van der Waals surface area contributed by atoms with Crippen LogP contribution in [0.2, 0.25) is 0 Å². The molecule has 0 saturated carbocycles. The van der Waals surface area contributed by atoms with Crippen LogP contribution in [0.5, 0.6) is 0 Å². The Bertz CT molecular complexity index is 248. The van der Waals surface area contributed by atoms with E-state index < -0.39 is 12.0 Å². The molecule has 1 saturated heterocycles. The van der Waals surface area contributed by atoms with Gasteiger partial charge in [-0.3, -0.25) is 4.79 Å². The van der Waals surface area contributed by atoms with Crippen molar-refractivity contribution in [2.45, 2.75) is 32.2 Å². The zero-order chi connectivity index (χ0) is 13.4. The van der Waals surface area contributed by atoms with E-state index in [0.717, 1.165) is 45.6 Å². The summed E-state index contributed by atoms with van der Waals surface area (Å²) in [6, 6.07) is -0.411. The molecule has 0 aromatic carbocycles. The summed E-state index contributed by atoms with van der Waals surface area (Å²) < 4.78 is 5.16.